The summed E-state index contributed by atoms with van der Waals surface area (Å²) < 4.78 is 13.3. The Hall–Kier alpha value is -5.22. The van der Waals surface area contributed by atoms with Crippen LogP contribution < -0.4 is 4.74 Å². The molecular weight excluding hydrogens is 620 g/mol. The number of imidazole rings is 1. The minimum atomic E-state index is -0.708. The minimum absolute atomic E-state index is 0.0552. The highest BCUT2D eigenvalue weighted by molar-refractivity contribution is 6.06. The van der Waals surface area contributed by atoms with E-state index in [4.69, 9.17) is 24.9 Å². The SMILES string of the molecule is CCOc1nc2cccc(C(=O)N3CCC[C@H]3C(=O)OCCCCON(O)O)c2n1Cc1ccc(-c2ccccc2-c2nn[nH]n2)cc1. The van der Waals surface area contributed by atoms with Gasteiger partial charge in [0.1, 0.15) is 6.04 Å². The lowest BCUT2D eigenvalue weighted by Gasteiger charge is -2.24. The van der Waals surface area contributed by atoms with Crippen molar-refractivity contribution in [3.05, 3.63) is 77.9 Å². The number of nitrogens with one attached hydrogen (secondary N) is 1. The zero-order chi connectivity index (χ0) is 33.5. The van der Waals surface area contributed by atoms with Gasteiger partial charge in [-0.2, -0.15) is 10.2 Å². The number of carbonyl (C=O) groups is 2. The molecule has 0 aliphatic carbocycles. The molecule has 0 bridgehead atoms. The van der Waals surface area contributed by atoms with Crippen molar-refractivity contribution >= 4 is 22.9 Å². The molecule has 5 aromatic rings. The third-order valence-electron chi connectivity index (χ3n) is 8.13. The number of hydrogen-bond acceptors (Lipinski definition) is 12. The number of aromatic amines is 1. The highest BCUT2D eigenvalue weighted by Crippen LogP contribution is 2.32. The maximum absolute atomic E-state index is 14.1. The number of carbonyl (C=O) groups excluding carboxylic acids is 2. The number of rotatable bonds is 14. The zero-order valence-electron chi connectivity index (χ0n) is 26.4. The van der Waals surface area contributed by atoms with Gasteiger partial charge in [0.2, 0.25) is 5.82 Å². The van der Waals surface area contributed by atoms with E-state index in [1.54, 1.807) is 17.0 Å². The summed E-state index contributed by atoms with van der Waals surface area (Å²) in [5.74, 6) is -0.238. The molecule has 6 rings (SSSR count). The van der Waals surface area contributed by atoms with Gasteiger partial charge in [-0.25, -0.2) is 4.79 Å². The number of esters is 1. The second-order valence-corrected chi connectivity index (χ2v) is 11.2. The van der Waals surface area contributed by atoms with Crippen LogP contribution in [0.3, 0.4) is 0 Å². The Balaban J connectivity index is 1.23. The third kappa shape index (κ3) is 7.18. The number of benzene rings is 3. The topological polar surface area (TPSA) is 181 Å². The first-order valence-electron chi connectivity index (χ1n) is 15.8. The number of hydrogen-bond donors (Lipinski definition) is 3. The summed E-state index contributed by atoms with van der Waals surface area (Å²) in [4.78, 5) is 37.9. The molecular formula is C33H36N8O7. The quantitative estimate of drug-likeness (QED) is 0.0879. The lowest BCUT2D eigenvalue weighted by atomic mass is 9.98. The zero-order valence-corrected chi connectivity index (χ0v) is 26.4. The van der Waals surface area contributed by atoms with E-state index >= 15 is 0 Å². The molecule has 48 heavy (non-hydrogen) atoms. The first kappa shape index (κ1) is 32.7. The van der Waals surface area contributed by atoms with Crippen molar-refractivity contribution in [2.45, 2.75) is 45.2 Å². The van der Waals surface area contributed by atoms with Gasteiger partial charge in [-0.15, -0.1) is 10.2 Å². The van der Waals surface area contributed by atoms with Gasteiger partial charge < -0.3 is 14.4 Å². The van der Waals surface area contributed by atoms with Gasteiger partial charge in [0.05, 0.1) is 48.4 Å². The Bertz CT molecular complexity index is 1840. The number of ether oxygens (including phenoxy) is 2. The number of para-hydroxylation sites is 1. The highest BCUT2D eigenvalue weighted by atomic mass is 17.1. The molecule has 2 aromatic heterocycles. The van der Waals surface area contributed by atoms with Crippen LogP contribution in [0.4, 0.5) is 0 Å². The first-order valence-corrected chi connectivity index (χ1v) is 15.8. The number of fused-ring (bicyclic) bond motifs is 1. The van der Waals surface area contributed by atoms with E-state index in [0.29, 0.717) is 73.8 Å². The van der Waals surface area contributed by atoms with Gasteiger partial charge in [0.25, 0.3) is 11.9 Å². The Morgan fingerprint density at radius 2 is 1.79 bits per heavy atom. The van der Waals surface area contributed by atoms with Crippen molar-refractivity contribution in [2.24, 2.45) is 0 Å². The van der Waals surface area contributed by atoms with Gasteiger partial charge in [0, 0.05) is 12.1 Å². The van der Waals surface area contributed by atoms with Gasteiger partial charge in [-0.3, -0.25) is 24.6 Å². The fourth-order valence-corrected chi connectivity index (χ4v) is 5.93. The molecule has 3 N–H and O–H groups in total. The number of tetrazole rings is 1. The van der Waals surface area contributed by atoms with E-state index < -0.39 is 12.0 Å². The van der Waals surface area contributed by atoms with Gasteiger partial charge in [-0.1, -0.05) is 54.6 Å². The fraction of sp³-hybridized carbons (Fsp3) is 0.333. The molecule has 0 unspecified atom stereocenters. The lowest BCUT2D eigenvalue weighted by Crippen LogP contribution is -2.41. The summed E-state index contributed by atoms with van der Waals surface area (Å²) >= 11 is 0. The van der Waals surface area contributed by atoms with Gasteiger partial charge in [-0.05, 0) is 66.6 Å². The third-order valence-corrected chi connectivity index (χ3v) is 8.13. The van der Waals surface area contributed by atoms with E-state index in [0.717, 1.165) is 22.3 Å². The molecule has 3 aromatic carbocycles. The van der Waals surface area contributed by atoms with Crippen molar-refractivity contribution in [2.75, 3.05) is 26.4 Å². The van der Waals surface area contributed by atoms with Crippen molar-refractivity contribution in [1.29, 1.82) is 0 Å². The summed E-state index contributed by atoms with van der Waals surface area (Å²) in [7, 11) is 0. The molecule has 1 aliphatic heterocycles. The fourth-order valence-electron chi connectivity index (χ4n) is 5.93. The Kier molecular flexibility index (Phi) is 10.3. The van der Waals surface area contributed by atoms with Crippen LogP contribution in [0.2, 0.25) is 0 Å². The smallest absolute Gasteiger partial charge is 0.328 e. The normalized spacial score (nSPS) is 14.6. The largest absolute Gasteiger partial charge is 0.465 e. The van der Waals surface area contributed by atoms with Crippen LogP contribution in [0, 0.1) is 0 Å². The summed E-state index contributed by atoms with van der Waals surface area (Å²) in [6.07, 6.45) is 2.08. The molecule has 1 aliphatic rings. The average Bonchev–Trinajstić information content (AvgIpc) is 3.88. The van der Waals surface area contributed by atoms with Crippen LogP contribution in [0.1, 0.15) is 48.5 Å². The Labute approximate surface area is 275 Å². The Morgan fingerprint density at radius 3 is 2.54 bits per heavy atom. The van der Waals surface area contributed by atoms with Crippen LogP contribution >= 0.6 is 0 Å². The van der Waals surface area contributed by atoms with E-state index in [2.05, 4.69) is 25.5 Å². The molecule has 15 heteroatoms. The molecule has 0 spiro atoms. The number of nitrogens with zero attached hydrogens (tertiary/aromatic N) is 7. The molecule has 1 saturated heterocycles. The van der Waals surface area contributed by atoms with Gasteiger partial charge >= 0.3 is 5.97 Å². The second-order valence-electron chi connectivity index (χ2n) is 11.2. The molecule has 1 fully saturated rings. The predicted molar refractivity (Wildman–Crippen MR) is 171 cm³/mol. The molecule has 1 atom stereocenters. The van der Waals surface area contributed by atoms with Crippen LogP contribution in [0.5, 0.6) is 6.01 Å². The monoisotopic (exact) mass is 656 g/mol. The second kappa shape index (κ2) is 15.1. The number of amides is 1. The minimum Gasteiger partial charge on any atom is -0.465 e. The molecule has 1 amide bonds. The summed E-state index contributed by atoms with van der Waals surface area (Å²) in [5.41, 5.74) is 5.44. The Morgan fingerprint density at radius 1 is 1.00 bits per heavy atom. The lowest BCUT2D eigenvalue weighted by molar-refractivity contribution is -0.492. The number of aromatic nitrogens is 6. The van der Waals surface area contributed by atoms with Crippen LogP contribution in [0.25, 0.3) is 33.5 Å². The molecule has 3 heterocycles. The van der Waals surface area contributed by atoms with Crippen molar-refractivity contribution < 1.29 is 34.3 Å². The first-order chi connectivity index (χ1) is 23.4. The summed E-state index contributed by atoms with van der Waals surface area (Å²) in [5, 5.41) is 31.4. The van der Waals surface area contributed by atoms with Crippen molar-refractivity contribution in [1.82, 2.24) is 40.5 Å². The predicted octanol–water partition coefficient (Wildman–Crippen LogP) is 4.27. The summed E-state index contributed by atoms with van der Waals surface area (Å²) in [6.45, 7) is 3.27. The van der Waals surface area contributed by atoms with Crippen LogP contribution in [-0.4, -0.2) is 95.2 Å². The van der Waals surface area contributed by atoms with Gasteiger partial charge in [0.15, 0.2) is 0 Å². The molecule has 0 radical (unpaired) electrons. The van der Waals surface area contributed by atoms with E-state index in [1.807, 2.05) is 66.1 Å². The number of likely N-dealkylation sites (tertiary alicyclic amines) is 1. The maximum Gasteiger partial charge on any atom is 0.328 e. The molecule has 250 valence electrons. The van der Waals surface area contributed by atoms with E-state index in [9.17, 15) is 9.59 Å². The number of unbranched alkanes of at least 4 members (excludes halogenated alkanes) is 1. The average molecular weight is 657 g/mol. The van der Waals surface area contributed by atoms with Crippen molar-refractivity contribution in [3.63, 3.8) is 0 Å². The molecule has 0 saturated carbocycles. The number of H-pyrrole nitrogens is 1. The van der Waals surface area contributed by atoms with E-state index in [-0.39, 0.29) is 24.5 Å². The standard InChI is InChI=1S/C33H36N8O7/c1-2-46-33-34-27-12-7-11-26(31(42)39-18-8-13-28(39)32(43)47-19-5-6-20-48-41(44)45)29(27)40(33)21-22-14-16-23(17-15-22)24-9-3-4-10-25(24)30-35-37-38-36-30/h3-4,7,9-12,14-17,28,44-45H,2,5-6,8,13,18-21H2,1H3,(H,35,36,37,38)/t28-/m0/s1. The van der Waals surface area contributed by atoms with Crippen molar-refractivity contribution in [3.8, 4) is 28.5 Å². The maximum atomic E-state index is 14.1. The van der Waals surface area contributed by atoms with E-state index in [1.165, 1.54) is 0 Å². The summed E-state index contributed by atoms with van der Waals surface area (Å²) in [6, 6.07) is 21.0. The van der Waals surface area contributed by atoms with Crippen LogP contribution in [-0.2, 0) is 20.9 Å². The van der Waals surface area contributed by atoms with Crippen LogP contribution in [0.15, 0.2) is 66.7 Å². The molecule has 15 nitrogen and oxygen atoms in total. The highest BCUT2D eigenvalue weighted by Gasteiger charge is 2.37.